The van der Waals surface area contributed by atoms with Gasteiger partial charge in [-0.2, -0.15) is 13.2 Å². The summed E-state index contributed by atoms with van der Waals surface area (Å²) >= 11 is 6.35. The molecule has 1 aromatic rings. The van der Waals surface area contributed by atoms with Crippen LogP contribution in [0.5, 0.6) is 0 Å². The number of aryl methyl sites for hydroxylation is 1. The monoisotopic (exact) mass is 258 g/mol. The van der Waals surface area contributed by atoms with Crippen molar-refractivity contribution in [3.05, 3.63) is 15.0 Å². The molecule has 0 unspecified atom stereocenters. The van der Waals surface area contributed by atoms with Crippen LogP contribution < -0.4 is 5.32 Å². The van der Waals surface area contributed by atoms with Crippen molar-refractivity contribution in [2.24, 2.45) is 0 Å². The minimum Gasteiger partial charge on any atom is -0.342 e. The first kappa shape index (κ1) is 12.3. The molecule has 0 spiro atoms. The zero-order valence-corrected chi connectivity index (χ0v) is 9.06. The smallest absolute Gasteiger partial charge is 0.342 e. The molecule has 1 heterocycles. The number of nitrogens with zero attached hydrogens (tertiary/aromatic N) is 1. The molecule has 0 fully saturated rings. The number of nitrogens with one attached hydrogen (secondary N) is 1. The fourth-order valence-electron chi connectivity index (χ4n) is 0.835. The normalized spacial score (nSPS) is 11.5. The summed E-state index contributed by atoms with van der Waals surface area (Å²) in [6.07, 6.45) is -4.42. The topological polar surface area (TPSA) is 42.0 Å². The Morgan fingerprint density at radius 3 is 2.60 bits per heavy atom. The van der Waals surface area contributed by atoms with E-state index in [0.29, 0.717) is 5.69 Å². The maximum atomic E-state index is 11.8. The SMILES string of the molecule is Cc1nc(Cl)sc1C(=O)NCC(F)(F)F. The van der Waals surface area contributed by atoms with E-state index in [-0.39, 0.29) is 9.34 Å². The summed E-state index contributed by atoms with van der Waals surface area (Å²) in [4.78, 5) is 15.0. The zero-order chi connectivity index (χ0) is 11.6. The molecular weight excluding hydrogens is 253 g/mol. The van der Waals surface area contributed by atoms with Gasteiger partial charge in [-0.05, 0) is 6.92 Å². The first-order valence-corrected chi connectivity index (χ1v) is 4.97. The maximum absolute atomic E-state index is 11.8. The maximum Gasteiger partial charge on any atom is 0.405 e. The highest BCUT2D eigenvalue weighted by atomic mass is 35.5. The summed E-state index contributed by atoms with van der Waals surface area (Å²) in [5.41, 5.74) is 0.324. The lowest BCUT2D eigenvalue weighted by atomic mass is 10.4. The highest BCUT2D eigenvalue weighted by Crippen LogP contribution is 2.22. The summed E-state index contributed by atoms with van der Waals surface area (Å²) in [6.45, 7) is 0.145. The standard InChI is InChI=1S/C7H6ClF3N2OS/c1-3-4(15-6(8)13-3)5(14)12-2-7(9,10)11/h2H2,1H3,(H,12,14). The molecule has 0 radical (unpaired) electrons. The van der Waals surface area contributed by atoms with E-state index in [1.807, 2.05) is 0 Å². The van der Waals surface area contributed by atoms with Gasteiger partial charge in [0.05, 0.1) is 5.69 Å². The van der Waals surface area contributed by atoms with E-state index in [1.165, 1.54) is 6.92 Å². The van der Waals surface area contributed by atoms with Gasteiger partial charge in [0.2, 0.25) is 0 Å². The van der Waals surface area contributed by atoms with Gasteiger partial charge >= 0.3 is 6.18 Å². The first-order chi connectivity index (χ1) is 6.79. The number of alkyl halides is 3. The Morgan fingerprint density at radius 1 is 1.60 bits per heavy atom. The molecule has 0 aliphatic rings. The molecule has 0 aromatic carbocycles. The predicted molar refractivity (Wildman–Crippen MR) is 50.2 cm³/mol. The zero-order valence-electron chi connectivity index (χ0n) is 7.48. The fraction of sp³-hybridized carbons (Fsp3) is 0.429. The van der Waals surface area contributed by atoms with Crippen molar-refractivity contribution in [2.45, 2.75) is 13.1 Å². The highest BCUT2D eigenvalue weighted by Gasteiger charge is 2.28. The van der Waals surface area contributed by atoms with Crippen molar-refractivity contribution in [1.82, 2.24) is 10.3 Å². The number of carbonyl (C=O) groups excluding carboxylic acids is 1. The summed E-state index contributed by atoms with van der Waals surface area (Å²) < 4.78 is 35.5. The van der Waals surface area contributed by atoms with Crippen molar-refractivity contribution in [2.75, 3.05) is 6.54 Å². The number of thiazole rings is 1. The van der Waals surface area contributed by atoms with Crippen LogP contribution in [-0.2, 0) is 0 Å². The highest BCUT2D eigenvalue weighted by molar-refractivity contribution is 7.17. The average Bonchev–Trinajstić information content (AvgIpc) is 2.40. The predicted octanol–water partition coefficient (Wildman–Crippen LogP) is 2.40. The number of carbonyl (C=O) groups is 1. The number of halogens is 4. The van der Waals surface area contributed by atoms with Gasteiger partial charge in [-0.15, -0.1) is 0 Å². The van der Waals surface area contributed by atoms with E-state index in [0.717, 1.165) is 11.3 Å². The van der Waals surface area contributed by atoms with Crippen LogP contribution in [-0.4, -0.2) is 23.6 Å². The molecule has 0 atom stereocenters. The van der Waals surface area contributed by atoms with Crippen LogP contribution in [0.1, 0.15) is 15.4 Å². The van der Waals surface area contributed by atoms with Crippen LogP contribution in [0.3, 0.4) is 0 Å². The quantitative estimate of drug-likeness (QED) is 0.885. The Bertz CT molecular complexity index is 377. The van der Waals surface area contributed by atoms with E-state index in [2.05, 4.69) is 4.98 Å². The van der Waals surface area contributed by atoms with E-state index in [4.69, 9.17) is 11.6 Å². The van der Waals surface area contributed by atoms with Crippen molar-refractivity contribution in [3.8, 4) is 0 Å². The number of rotatable bonds is 2. The molecule has 1 amide bonds. The minimum atomic E-state index is -4.42. The van der Waals surface area contributed by atoms with E-state index in [9.17, 15) is 18.0 Å². The van der Waals surface area contributed by atoms with Crippen molar-refractivity contribution in [1.29, 1.82) is 0 Å². The van der Waals surface area contributed by atoms with Crippen LogP contribution in [0.25, 0.3) is 0 Å². The number of hydrogen-bond acceptors (Lipinski definition) is 3. The van der Waals surface area contributed by atoms with Gasteiger partial charge in [0.25, 0.3) is 5.91 Å². The molecule has 1 aromatic heterocycles. The fourth-order valence-corrected chi connectivity index (χ4v) is 1.90. The molecule has 8 heteroatoms. The lowest BCUT2D eigenvalue weighted by Crippen LogP contribution is -2.33. The molecule has 1 rings (SSSR count). The molecule has 84 valence electrons. The molecule has 15 heavy (non-hydrogen) atoms. The molecule has 0 aliphatic carbocycles. The summed E-state index contributed by atoms with van der Waals surface area (Å²) in [7, 11) is 0. The molecule has 0 bridgehead atoms. The van der Waals surface area contributed by atoms with E-state index >= 15 is 0 Å². The largest absolute Gasteiger partial charge is 0.405 e. The number of aromatic nitrogens is 1. The van der Waals surface area contributed by atoms with Crippen molar-refractivity contribution >= 4 is 28.8 Å². The molecule has 3 nitrogen and oxygen atoms in total. The second-order valence-electron chi connectivity index (χ2n) is 2.68. The van der Waals surface area contributed by atoms with Gasteiger partial charge in [0.1, 0.15) is 11.4 Å². The van der Waals surface area contributed by atoms with Gasteiger partial charge in [-0.25, -0.2) is 4.98 Å². The number of amides is 1. The minimum absolute atomic E-state index is 0.101. The summed E-state index contributed by atoms with van der Waals surface area (Å²) in [5, 5.41) is 1.74. The third-order valence-electron chi connectivity index (χ3n) is 1.43. The second-order valence-corrected chi connectivity index (χ2v) is 4.26. The third-order valence-corrected chi connectivity index (χ3v) is 2.69. The molecular formula is C7H6ClF3N2OS. The van der Waals surface area contributed by atoms with Gasteiger partial charge in [0.15, 0.2) is 4.47 Å². The van der Waals surface area contributed by atoms with E-state index < -0.39 is 18.6 Å². The number of hydrogen-bond donors (Lipinski definition) is 1. The van der Waals surface area contributed by atoms with Crippen molar-refractivity contribution < 1.29 is 18.0 Å². The molecule has 0 aliphatic heterocycles. The van der Waals surface area contributed by atoms with Crippen LogP contribution in [0.2, 0.25) is 4.47 Å². The van der Waals surface area contributed by atoms with E-state index in [1.54, 1.807) is 5.32 Å². The average molecular weight is 259 g/mol. The molecule has 0 saturated heterocycles. The lowest BCUT2D eigenvalue weighted by molar-refractivity contribution is -0.123. The first-order valence-electron chi connectivity index (χ1n) is 3.77. The van der Waals surface area contributed by atoms with Crippen LogP contribution >= 0.6 is 22.9 Å². The molecule has 1 N–H and O–H groups in total. The summed E-state index contributed by atoms with van der Waals surface area (Å²) in [6, 6.07) is 0. The van der Waals surface area contributed by atoms with Gasteiger partial charge in [-0.3, -0.25) is 4.79 Å². The van der Waals surface area contributed by atoms with Crippen LogP contribution in [0, 0.1) is 6.92 Å². The Kier molecular flexibility index (Phi) is 3.56. The van der Waals surface area contributed by atoms with Gasteiger partial charge < -0.3 is 5.32 Å². The summed E-state index contributed by atoms with van der Waals surface area (Å²) in [5.74, 6) is -0.811. The Hall–Kier alpha value is -0.820. The third kappa shape index (κ3) is 3.67. The molecule has 0 saturated carbocycles. The Labute approximate surface area is 92.3 Å². The van der Waals surface area contributed by atoms with Crippen molar-refractivity contribution in [3.63, 3.8) is 0 Å². The second kappa shape index (κ2) is 4.36. The van der Waals surface area contributed by atoms with Gasteiger partial charge in [-0.1, -0.05) is 22.9 Å². The van der Waals surface area contributed by atoms with Gasteiger partial charge in [0, 0.05) is 0 Å². The Balaban J connectivity index is 2.66. The van der Waals surface area contributed by atoms with Crippen LogP contribution in [0.15, 0.2) is 0 Å². The lowest BCUT2D eigenvalue weighted by Gasteiger charge is -2.06. The Morgan fingerprint density at radius 2 is 2.20 bits per heavy atom. The van der Waals surface area contributed by atoms with Crippen LogP contribution in [0.4, 0.5) is 13.2 Å².